The summed E-state index contributed by atoms with van der Waals surface area (Å²) in [4.78, 5) is 32.8. The molecule has 0 aliphatic heterocycles. The van der Waals surface area contributed by atoms with Crippen molar-refractivity contribution in [3.8, 4) is 11.5 Å². The number of aryl methyl sites for hydroxylation is 2. The molecule has 0 N–H and O–H groups in total. The maximum Gasteiger partial charge on any atom is 0.415 e. The van der Waals surface area contributed by atoms with E-state index in [9.17, 15) is 9.59 Å². The first-order chi connectivity index (χ1) is 28.0. The van der Waals surface area contributed by atoms with Gasteiger partial charge in [-0.05, 0) is 152 Å². The van der Waals surface area contributed by atoms with Crippen LogP contribution in [0.4, 0.5) is 9.59 Å². The Morgan fingerprint density at radius 3 is 1.79 bits per heavy atom. The average Bonchev–Trinajstić information content (AvgIpc) is 4.02. The molecule has 306 valence electrons. The van der Waals surface area contributed by atoms with Gasteiger partial charge in [-0.15, -0.1) is 0 Å². The first kappa shape index (κ1) is 40.2. The van der Waals surface area contributed by atoms with Gasteiger partial charge in [0, 0.05) is 37.0 Å². The molecule has 0 spiro atoms. The van der Waals surface area contributed by atoms with Crippen LogP contribution in [-0.4, -0.2) is 47.2 Å². The molecule has 4 aromatic carbocycles. The van der Waals surface area contributed by atoms with Crippen LogP contribution in [0.2, 0.25) is 0 Å². The van der Waals surface area contributed by atoms with E-state index in [1.54, 1.807) is 0 Å². The van der Waals surface area contributed by atoms with E-state index >= 15 is 0 Å². The number of amides is 2. The Bertz CT molecular complexity index is 2100. The van der Waals surface area contributed by atoms with Crippen LogP contribution in [0.3, 0.4) is 0 Å². The quantitative estimate of drug-likeness (QED) is 0.152. The molecule has 9 unspecified atom stereocenters. The van der Waals surface area contributed by atoms with E-state index in [1.807, 2.05) is 22.8 Å². The smallest absolute Gasteiger partial charge is 0.410 e. The third kappa shape index (κ3) is 7.34. The Kier molecular flexibility index (Phi) is 11.5. The number of hydrogen-bond donors (Lipinski definition) is 0. The van der Waals surface area contributed by atoms with Gasteiger partial charge >= 0.3 is 12.2 Å². The number of benzene rings is 4. The third-order valence-corrected chi connectivity index (χ3v) is 14.7. The zero-order valence-corrected chi connectivity index (χ0v) is 36.0. The highest BCUT2D eigenvalue weighted by Gasteiger charge is 2.57. The maximum atomic E-state index is 14.5. The molecule has 4 aliphatic carbocycles. The number of likely N-dealkylation sites (N-methyl/N-ethyl adjacent to an activating group) is 2. The summed E-state index contributed by atoms with van der Waals surface area (Å²) in [5.74, 6) is 4.46. The fourth-order valence-corrected chi connectivity index (χ4v) is 12.2. The van der Waals surface area contributed by atoms with Crippen molar-refractivity contribution in [2.45, 2.75) is 129 Å². The third-order valence-electron chi connectivity index (χ3n) is 14.7. The molecule has 4 aromatic rings. The number of carbonyl (C=O) groups excluding carboxylic acids is 2. The van der Waals surface area contributed by atoms with Crippen LogP contribution in [0.15, 0.2) is 91.0 Å². The van der Waals surface area contributed by atoms with Crippen molar-refractivity contribution in [3.63, 3.8) is 0 Å². The summed E-state index contributed by atoms with van der Waals surface area (Å²) in [6.45, 7) is 18.3. The molecule has 4 fully saturated rings. The molecule has 4 bridgehead atoms. The van der Waals surface area contributed by atoms with Crippen LogP contribution < -0.4 is 9.47 Å². The van der Waals surface area contributed by atoms with E-state index in [0.717, 1.165) is 29.5 Å². The molecule has 6 nitrogen and oxygen atoms in total. The molecule has 6 heteroatoms. The maximum absolute atomic E-state index is 14.5. The topological polar surface area (TPSA) is 59.1 Å². The summed E-state index contributed by atoms with van der Waals surface area (Å²) in [5.41, 5.74) is 8.33. The molecule has 0 radical (unpaired) electrons. The predicted octanol–water partition coefficient (Wildman–Crippen LogP) is 12.7. The van der Waals surface area contributed by atoms with Crippen molar-refractivity contribution in [2.75, 3.05) is 13.1 Å². The van der Waals surface area contributed by atoms with E-state index in [0.29, 0.717) is 48.3 Å². The second-order valence-electron chi connectivity index (χ2n) is 18.6. The molecule has 0 heterocycles. The van der Waals surface area contributed by atoms with Gasteiger partial charge in [0.25, 0.3) is 0 Å². The largest absolute Gasteiger partial charge is 0.415 e. The summed E-state index contributed by atoms with van der Waals surface area (Å²) in [5, 5.41) is 0. The molecular weight excluding hydrogens is 717 g/mol. The molecule has 2 amide bonds. The first-order valence-electron chi connectivity index (χ1n) is 22.3. The van der Waals surface area contributed by atoms with Gasteiger partial charge < -0.3 is 19.3 Å². The van der Waals surface area contributed by atoms with Crippen molar-refractivity contribution >= 4 is 12.2 Å². The van der Waals surface area contributed by atoms with Crippen molar-refractivity contribution < 1.29 is 19.1 Å². The number of carbonyl (C=O) groups is 2. The molecular formula is C52H64N2O4. The Labute approximate surface area is 347 Å². The van der Waals surface area contributed by atoms with Gasteiger partial charge in [-0.3, -0.25) is 0 Å². The fourth-order valence-electron chi connectivity index (χ4n) is 12.2. The van der Waals surface area contributed by atoms with Gasteiger partial charge in [-0.2, -0.15) is 0 Å². The zero-order valence-electron chi connectivity index (χ0n) is 36.0. The lowest BCUT2D eigenvalue weighted by Gasteiger charge is -2.43. The lowest BCUT2D eigenvalue weighted by Crippen LogP contribution is -2.49. The summed E-state index contributed by atoms with van der Waals surface area (Å²) >= 11 is 0. The second-order valence-corrected chi connectivity index (χ2v) is 18.6. The number of nitrogens with zero attached hydrogens (tertiary/aromatic N) is 2. The second kappa shape index (κ2) is 16.6. The Balaban J connectivity index is 1.09. The van der Waals surface area contributed by atoms with Gasteiger partial charge in [0.1, 0.15) is 11.5 Å². The van der Waals surface area contributed by atoms with Crippen molar-refractivity contribution in [1.82, 2.24) is 9.80 Å². The number of ether oxygens (including phenoxy) is 2. The summed E-state index contributed by atoms with van der Waals surface area (Å²) in [6.07, 6.45) is 5.24. The highest BCUT2D eigenvalue weighted by molar-refractivity contribution is 5.73. The van der Waals surface area contributed by atoms with E-state index in [2.05, 4.69) is 133 Å². The van der Waals surface area contributed by atoms with Crippen LogP contribution in [-0.2, 0) is 0 Å². The minimum Gasteiger partial charge on any atom is -0.410 e. The van der Waals surface area contributed by atoms with Crippen LogP contribution in [0, 0.1) is 37.5 Å². The number of fused-ring (bicyclic) bond motifs is 4. The minimum absolute atomic E-state index is 0.00815. The number of rotatable bonds is 11. The van der Waals surface area contributed by atoms with Crippen LogP contribution in [0.1, 0.15) is 142 Å². The zero-order chi connectivity index (χ0) is 40.8. The van der Waals surface area contributed by atoms with Gasteiger partial charge in [-0.25, -0.2) is 9.59 Å². The molecule has 58 heavy (non-hydrogen) atoms. The van der Waals surface area contributed by atoms with Crippen molar-refractivity contribution in [3.05, 3.63) is 130 Å². The molecule has 0 saturated heterocycles. The monoisotopic (exact) mass is 780 g/mol. The predicted molar refractivity (Wildman–Crippen MR) is 233 cm³/mol. The van der Waals surface area contributed by atoms with Gasteiger partial charge in [0.15, 0.2) is 0 Å². The lowest BCUT2D eigenvalue weighted by molar-refractivity contribution is 0.0993. The minimum atomic E-state index is -0.264. The Morgan fingerprint density at radius 1 is 0.621 bits per heavy atom. The Hall–Kier alpha value is -4.58. The van der Waals surface area contributed by atoms with E-state index < -0.39 is 0 Å². The van der Waals surface area contributed by atoms with Crippen LogP contribution >= 0.6 is 0 Å². The average molecular weight is 781 g/mol. The lowest BCUT2D eigenvalue weighted by atomic mass is 9.70. The van der Waals surface area contributed by atoms with Crippen molar-refractivity contribution in [2.24, 2.45) is 23.7 Å². The molecule has 8 rings (SSSR count). The summed E-state index contributed by atoms with van der Waals surface area (Å²) < 4.78 is 12.8. The molecule has 4 aliphatic rings. The van der Waals surface area contributed by atoms with Gasteiger partial charge in [0.2, 0.25) is 0 Å². The Morgan fingerprint density at radius 2 is 1.19 bits per heavy atom. The molecule has 0 aromatic heterocycles. The standard InChI is InChI=1S/C52H64N2O4/c1-9-53(49-38-23-22-37(27-38)47(49)35-17-13-11-14-18-35)51(55)57-45-30-41(32(5)6)42(26-34(45)8)43-28-39-29-44(43)50(48(39)36-19-15-12-16-20-36)54(10-2)52(56)58-46-25-33(7)21-24-40(46)31(3)4/h11-21,24-26,30-32,37-39,43-44,47-50H,9-10,22-23,27-29H2,1-8H3. The fraction of sp³-hybridized carbons (Fsp3) is 0.500. The van der Waals surface area contributed by atoms with E-state index in [-0.39, 0.29) is 53.9 Å². The van der Waals surface area contributed by atoms with Crippen molar-refractivity contribution in [1.29, 1.82) is 0 Å². The number of hydrogen-bond acceptors (Lipinski definition) is 4. The van der Waals surface area contributed by atoms with Gasteiger partial charge in [0.05, 0.1) is 0 Å². The first-order valence-corrected chi connectivity index (χ1v) is 22.3. The van der Waals surface area contributed by atoms with E-state index in [1.165, 1.54) is 41.5 Å². The molecule has 9 atom stereocenters. The van der Waals surface area contributed by atoms with Crippen LogP contribution in [0.5, 0.6) is 11.5 Å². The van der Waals surface area contributed by atoms with Gasteiger partial charge in [-0.1, -0.05) is 107 Å². The highest BCUT2D eigenvalue weighted by Crippen LogP contribution is 2.62. The van der Waals surface area contributed by atoms with Crippen LogP contribution in [0.25, 0.3) is 0 Å². The molecule has 4 saturated carbocycles. The highest BCUT2D eigenvalue weighted by atomic mass is 16.6. The normalized spacial score (nSPS) is 27.0. The van der Waals surface area contributed by atoms with E-state index in [4.69, 9.17) is 9.47 Å². The summed E-state index contributed by atoms with van der Waals surface area (Å²) in [7, 11) is 0. The summed E-state index contributed by atoms with van der Waals surface area (Å²) in [6, 6.07) is 32.5. The SMILES string of the molecule is CCN(C(=O)Oc1cc(C(C)C)c(C2CC3CC2C(N(CC)C(=O)Oc2cc(C)ccc2C(C)C)C3c2ccccc2)cc1C)C1C2CCC(C2)C1c1ccccc1.